The molecule has 1 aromatic rings. The van der Waals surface area contributed by atoms with Crippen molar-refractivity contribution in [1.82, 2.24) is 5.48 Å². The molecule has 0 aliphatic rings. The summed E-state index contributed by atoms with van der Waals surface area (Å²) in [6.45, 7) is 0.246. The fourth-order valence-electron chi connectivity index (χ4n) is 0.901. The number of phenolic OH excluding ortho intramolecular Hbond substituents is 3. The summed E-state index contributed by atoms with van der Waals surface area (Å²) < 4.78 is 0. The number of nitrogens with one attached hydrogen (secondary N) is 1. The number of hydrogen-bond donors (Lipinski definition) is 4. The Morgan fingerprint density at radius 3 is 2.38 bits per heavy atom. The van der Waals surface area contributed by atoms with Crippen LogP contribution in [0.15, 0.2) is 12.1 Å². The van der Waals surface area contributed by atoms with Gasteiger partial charge in [0.05, 0.1) is 7.11 Å². The van der Waals surface area contributed by atoms with Crippen molar-refractivity contribution in [3.05, 3.63) is 17.7 Å². The third-order valence-electron chi connectivity index (χ3n) is 1.58. The zero-order valence-electron chi connectivity index (χ0n) is 7.11. The number of hydroxylamine groups is 1. The lowest BCUT2D eigenvalue weighted by molar-refractivity contribution is 0.0861. The van der Waals surface area contributed by atoms with E-state index in [1.807, 2.05) is 0 Å². The molecule has 13 heavy (non-hydrogen) atoms. The van der Waals surface area contributed by atoms with Gasteiger partial charge >= 0.3 is 0 Å². The lowest BCUT2D eigenvalue weighted by Gasteiger charge is -2.06. The summed E-state index contributed by atoms with van der Waals surface area (Å²) in [5.41, 5.74) is 2.94. The quantitative estimate of drug-likeness (QED) is 0.312. The first-order valence-electron chi connectivity index (χ1n) is 3.65. The highest BCUT2D eigenvalue weighted by Gasteiger charge is 2.06. The molecular formula is C8H11NO4. The molecule has 0 amide bonds. The van der Waals surface area contributed by atoms with Gasteiger partial charge in [-0.2, -0.15) is 5.48 Å². The number of aromatic hydroxyl groups is 3. The van der Waals surface area contributed by atoms with Crippen LogP contribution in [0.3, 0.4) is 0 Å². The van der Waals surface area contributed by atoms with Crippen molar-refractivity contribution in [3.63, 3.8) is 0 Å². The first-order valence-corrected chi connectivity index (χ1v) is 3.65. The average molecular weight is 185 g/mol. The van der Waals surface area contributed by atoms with Crippen LogP contribution in [-0.2, 0) is 11.4 Å². The SMILES string of the molecule is CONCc1cc(O)c(O)cc1O. The van der Waals surface area contributed by atoms with Gasteiger partial charge in [-0.05, 0) is 6.07 Å². The Labute approximate surface area is 75.2 Å². The fraction of sp³-hybridized carbons (Fsp3) is 0.250. The second kappa shape index (κ2) is 3.97. The van der Waals surface area contributed by atoms with Crippen LogP contribution in [0.2, 0.25) is 0 Å². The Hall–Kier alpha value is -1.46. The van der Waals surface area contributed by atoms with Crippen molar-refractivity contribution in [2.75, 3.05) is 7.11 Å². The normalized spacial score (nSPS) is 10.2. The first kappa shape index (κ1) is 9.63. The molecule has 0 saturated heterocycles. The summed E-state index contributed by atoms with van der Waals surface area (Å²) in [5.74, 6) is -0.718. The minimum absolute atomic E-state index is 0.0974. The monoisotopic (exact) mass is 185 g/mol. The molecule has 5 heteroatoms. The van der Waals surface area contributed by atoms with Crippen LogP contribution in [0.5, 0.6) is 17.2 Å². The summed E-state index contributed by atoms with van der Waals surface area (Å²) in [4.78, 5) is 4.57. The summed E-state index contributed by atoms with van der Waals surface area (Å²) in [5, 5.41) is 27.4. The number of rotatable bonds is 3. The Bertz CT molecular complexity index is 300. The molecule has 0 unspecified atom stereocenters. The Morgan fingerprint density at radius 2 is 1.77 bits per heavy atom. The van der Waals surface area contributed by atoms with E-state index in [0.717, 1.165) is 6.07 Å². The van der Waals surface area contributed by atoms with Gasteiger partial charge in [0.15, 0.2) is 11.5 Å². The van der Waals surface area contributed by atoms with Crippen LogP contribution in [0.4, 0.5) is 0 Å². The molecule has 72 valence electrons. The molecule has 0 aliphatic heterocycles. The number of phenols is 3. The van der Waals surface area contributed by atoms with Gasteiger partial charge in [0.25, 0.3) is 0 Å². The van der Waals surface area contributed by atoms with Gasteiger partial charge in [-0.3, -0.25) is 0 Å². The fourth-order valence-corrected chi connectivity index (χ4v) is 0.901. The molecule has 0 saturated carbocycles. The minimum Gasteiger partial charge on any atom is -0.507 e. The predicted molar refractivity (Wildman–Crippen MR) is 45.3 cm³/mol. The molecule has 1 rings (SSSR count). The topological polar surface area (TPSA) is 82.0 Å². The molecule has 5 nitrogen and oxygen atoms in total. The predicted octanol–water partition coefficient (Wildman–Crippen LogP) is 0.454. The Morgan fingerprint density at radius 1 is 1.15 bits per heavy atom. The molecule has 0 radical (unpaired) electrons. The summed E-state index contributed by atoms with van der Waals surface area (Å²) in [6, 6.07) is 2.33. The van der Waals surface area contributed by atoms with Crippen LogP contribution >= 0.6 is 0 Å². The molecule has 0 atom stereocenters. The van der Waals surface area contributed by atoms with Crippen molar-refractivity contribution < 1.29 is 20.2 Å². The first-order chi connectivity index (χ1) is 6.15. The van der Waals surface area contributed by atoms with Gasteiger partial charge in [-0.15, -0.1) is 0 Å². The number of hydrogen-bond acceptors (Lipinski definition) is 5. The zero-order chi connectivity index (χ0) is 9.84. The summed E-state index contributed by atoms with van der Waals surface area (Å²) in [7, 11) is 1.44. The molecule has 0 aromatic heterocycles. The maximum atomic E-state index is 9.28. The van der Waals surface area contributed by atoms with E-state index in [9.17, 15) is 5.11 Å². The average Bonchev–Trinajstić information content (AvgIpc) is 2.09. The molecule has 0 bridgehead atoms. The van der Waals surface area contributed by atoms with E-state index in [4.69, 9.17) is 10.2 Å². The van der Waals surface area contributed by atoms with Crippen LogP contribution in [0, 0.1) is 0 Å². The van der Waals surface area contributed by atoms with Gasteiger partial charge in [-0.1, -0.05) is 0 Å². The second-order valence-corrected chi connectivity index (χ2v) is 2.49. The Kier molecular flexibility index (Phi) is 2.94. The van der Waals surface area contributed by atoms with E-state index in [1.165, 1.54) is 13.2 Å². The second-order valence-electron chi connectivity index (χ2n) is 2.49. The van der Waals surface area contributed by atoms with Crippen LogP contribution in [0.1, 0.15) is 5.56 Å². The van der Waals surface area contributed by atoms with Crippen LogP contribution in [0.25, 0.3) is 0 Å². The maximum Gasteiger partial charge on any atom is 0.161 e. The van der Waals surface area contributed by atoms with E-state index in [-0.39, 0.29) is 23.8 Å². The van der Waals surface area contributed by atoms with E-state index >= 15 is 0 Å². The van der Waals surface area contributed by atoms with Gasteiger partial charge in [0, 0.05) is 18.2 Å². The van der Waals surface area contributed by atoms with Crippen LogP contribution in [-0.4, -0.2) is 22.4 Å². The third kappa shape index (κ3) is 2.24. The largest absolute Gasteiger partial charge is 0.507 e. The molecular weight excluding hydrogens is 174 g/mol. The lowest BCUT2D eigenvalue weighted by atomic mass is 10.2. The molecule has 0 aliphatic carbocycles. The van der Waals surface area contributed by atoms with Crippen molar-refractivity contribution in [1.29, 1.82) is 0 Å². The standard InChI is InChI=1S/C8H11NO4/c1-13-9-4-5-2-7(11)8(12)3-6(5)10/h2-3,9-12H,4H2,1H3. The molecule has 1 aromatic carbocycles. The third-order valence-corrected chi connectivity index (χ3v) is 1.58. The zero-order valence-corrected chi connectivity index (χ0v) is 7.11. The van der Waals surface area contributed by atoms with Crippen molar-refractivity contribution in [2.45, 2.75) is 6.54 Å². The van der Waals surface area contributed by atoms with E-state index in [1.54, 1.807) is 0 Å². The minimum atomic E-state index is -0.348. The van der Waals surface area contributed by atoms with E-state index < -0.39 is 0 Å². The van der Waals surface area contributed by atoms with Crippen molar-refractivity contribution >= 4 is 0 Å². The molecule has 0 spiro atoms. The molecule has 0 heterocycles. The van der Waals surface area contributed by atoms with Gasteiger partial charge in [0.1, 0.15) is 5.75 Å². The summed E-state index contributed by atoms with van der Waals surface area (Å²) in [6.07, 6.45) is 0. The van der Waals surface area contributed by atoms with Gasteiger partial charge in [-0.25, -0.2) is 0 Å². The van der Waals surface area contributed by atoms with E-state index in [0.29, 0.717) is 5.56 Å². The summed E-state index contributed by atoms with van der Waals surface area (Å²) >= 11 is 0. The smallest absolute Gasteiger partial charge is 0.161 e. The van der Waals surface area contributed by atoms with E-state index in [2.05, 4.69) is 10.3 Å². The highest BCUT2D eigenvalue weighted by Crippen LogP contribution is 2.31. The number of benzene rings is 1. The van der Waals surface area contributed by atoms with Crippen LogP contribution < -0.4 is 5.48 Å². The lowest BCUT2D eigenvalue weighted by Crippen LogP contribution is -2.10. The highest BCUT2D eigenvalue weighted by atomic mass is 16.6. The van der Waals surface area contributed by atoms with Gasteiger partial charge < -0.3 is 20.2 Å². The maximum absolute atomic E-state index is 9.28. The van der Waals surface area contributed by atoms with Gasteiger partial charge in [0.2, 0.25) is 0 Å². The highest BCUT2D eigenvalue weighted by molar-refractivity contribution is 5.48. The van der Waals surface area contributed by atoms with Crippen molar-refractivity contribution in [2.24, 2.45) is 0 Å². The Balaban J connectivity index is 2.88. The van der Waals surface area contributed by atoms with Crippen molar-refractivity contribution in [3.8, 4) is 17.2 Å². The molecule has 0 fully saturated rings. The molecule has 4 N–H and O–H groups in total.